The van der Waals surface area contributed by atoms with Crippen molar-refractivity contribution in [2.24, 2.45) is 5.92 Å². The van der Waals surface area contributed by atoms with Gasteiger partial charge in [-0.15, -0.1) is 0 Å². The van der Waals surface area contributed by atoms with Crippen LogP contribution in [0, 0.1) is 5.92 Å². The molecule has 0 spiro atoms. The van der Waals surface area contributed by atoms with E-state index in [0.29, 0.717) is 0 Å². The van der Waals surface area contributed by atoms with Crippen molar-refractivity contribution in [2.45, 2.75) is 18.4 Å². The number of hydrogen-bond donors (Lipinski definition) is 2. The molecule has 2 N–H and O–H groups in total. The molecular weight excluding hydrogens is 282 g/mol. The Morgan fingerprint density at radius 1 is 1.47 bits per heavy atom. The van der Waals surface area contributed by atoms with Crippen LogP contribution in [0.2, 0.25) is 0 Å². The van der Waals surface area contributed by atoms with Gasteiger partial charge in [-0.2, -0.15) is 0 Å². The molecule has 0 radical (unpaired) electrons. The first kappa shape index (κ1) is 10.8. The topological polar surface area (TPSA) is 49.3 Å². The third-order valence-electron chi connectivity index (χ3n) is 3.59. The highest BCUT2D eigenvalue weighted by atomic mass is 79.9. The second-order valence-electron chi connectivity index (χ2n) is 4.55. The molecule has 0 aromatic heterocycles. The van der Waals surface area contributed by atoms with Crippen LogP contribution in [0.5, 0.6) is 0 Å². The van der Waals surface area contributed by atoms with Gasteiger partial charge in [0.1, 0.15) is 6.04 Å². The predicted octanol–water partition coefficient (Wildman–Crippen LogP) is 2.99. The zero-order valence-corrected chi connectivity index (χ0v) is 10.6. The van der Waals surface area contributed by atoms with Crippen LogP contribution < -0.4 is 5.32 Å². The van der Waals surface area contributed by atoms with Crippen molar-refractivity contribution in [1.29, 1.82) is 0 Å². The minimum atomic E-state index is -0.766. The largest absolute Gasteiger partial charge is 0.480 e. The van der Waals surface area contributed by atoms with Crippen molar-refractivity contribution in [3.8, 4) is 0 Å². The van der Waals surface area contributed by atoms with Crippen molar-refractivity contribution >= 4 is 27.6 Å². The van der Waals surface area contributed by atoms with Gasteiger partial charge in [0, 0.05) is 22.0 Å². The van der Waals surface area contributed by atoms with E-state index in [2.05, 4.69) is 39.5 Å². The lowest BCUT2D eigenvalue weighted by Gasteiger charge is -2.34. The zero-order valence-electron chi connectivity index (χ0n) is 9.06. The van der Waals surface area contributed by atoms with Gasteiger partial charge in [0.05, 0.1) is 0 Å². The summed E-state index contributed by atoms with van der Waals surface area (Å²) in [6.07, 6.45) is 5.05. The number of carbonyl (C=O) groups is 1. The maximum Gasteiger partial charge on any atom is 0.326 e. The molecule has 1 aliphatic heterocycles. The van der Waals surface area contributed by atoms with E-state index in [1.54, 1.807) is 0 Å². The summed E-state index contributed by atoms with van der Waals surface area (Å²) in [6.45, 7) is 0. The van der Waals surface area contributed by atoms with Crippen LogP contribution in [0.25, 0.3) is 0 Å². The molecule has 0 unspecified atom stereocenters. The molecule has 3 rings (SSSR count). The summed E-state index contributed by atoms with van der Waals surface area (Å²) in [5.74, 6) is -0.406. The quantitative estimate of drug-likeness (QED) is 0.783. The van der Waals surface area contributed by atoms with Gasteiger partial charge in [0.2, 0.25) is 0 Å². The molecule has 1 aromatic carbocycles. The number of hydrogen-bond acceptors (Lipinski definition) is 2. The molecular formula is C13H12BrNO2. The molecule has 0 amide bonds. The molecule has 3 atom stereocenters. The highest BCUT2D eigenvalue weighted by Crippen LogP contribution is 2.45. The molecule has 1 aliphatic carbocycles. The molecule has 88 valence electrons. The van der Waals surface area contributed by atoms with Gasteiger partial charge >= 0.3 is 5.97 Å². The average molecular weight is 294 g/mol. The van der Waals surface area contributed by atoms with E-state index in [-0.39, 0.29) is 11.8 Å². The first-order valence-corrected chi connectivity index (χ1v) is 6.41. The Labute approximate surface area is 108 Å². The van der Waals surface area contributed by atoms with Crippen LogP contribution in [0.15, 0.2) is 34.8 Å². The summed E-state index contributed by atoms with van der Waals surface area (Å²) in [6, 6.07) is 5.47. The van der Waals surface area contributed by atoms with E-state index in [4.69, 9.17) is 0 Å². The van der Waals surface area contributed by atoms with Crippen molar-refractivity contribution in [2.75, 3.05) is 5.32 Å². The third kappa shape index (κ3) is 1.67. The summed E-state index contributed by atoms with van der Waals surface area (Å²) in [5, 5.41) is 12.4. The van der Waals surface area contributed by atoms with Crippen LogP contribution in [0.3, 0.4) is 0 Å². The Morgan fingerprint density at radius 3 is 3.06 bits per heavy atom. The standard InChI is InChI=1S/C13H12BrNO2/c14-7-4-5-11-10(6-7)8-2-1-3-9(8)12(15-11)13(16)17/h1-2,4-6,8-9,12,15H,3H2,(H,16,17)/t8-,9+,12-/m0/s1. The van der Waals surface area contributed by atoms with Crippen LogP contribution in [-0.2, 0) is 4.79 Å². The summed E-state index contributed by atoms with van der Waals surface area (Å²) in [7, 11) is 0. The van der Waals surface area contributed by atoms with Gasteiger partial charge in [-0.1, -0.05) is 28.1 Å². The number of halogens is 1. The van der Waals surface area contributed by atoms with E-state index in [9.17, 15) is 9.90 Å². The second kappa shape index (κ2) is 3.88. The van der Waals surface area contributed by atoms with E-state index < -0.39 is 12.0 Å². The van der Waals surface area contributed by atoms with Crippen molar-refractivity contribution in [3.05, 3.63) is 40.4 Å². The number of carboxylic acid groups (broad SMARTS) is 1. The Kier molecular flexibility index (Phi) is 2.47. The first-order valence-electron chi connectivity index (χ1n) is 5.62. The number of aliphatic carboxylic acids is 1. The van der Waals surface area contributed by atoms with E-state index >= 15 is 0 Å². The Bertz CT molecular complexity index is 512. The van der Waals surface area contributed by atoms with Gasteiger partial charge in [-0.3, -0.25) is 0 Å². The van der Waals surface area contributed by atoms with Crippen molar-refractivity contribution < 1.29 is 9.90 Å². The number of rotatable bonds is 1. The Balaban J connectivity index is 2.09. The average Bonchev–Trinajstić information content (AvgIpc) is 2.76. The molecule has 4 heteroatoms. The van der Waals surface area contributed by atoms with Crippen molar-refractivity contribution in [3.63, 3.8) is 0 Å². The normalized spacial score (nSPS) is 29.4. The molecule has 2 aliphatic rings. The van der Waals surface area contributed by atoms with Gasteiger partial charge in [0.15, 0.2) is 0 Å². The monoisotopic (exact) mass is 293 g/mol. The van der Waals surface area contributed by atoms with Crippen LogP contribution in [0.1, 0.15) is 17.9 Å². The lowest BCUT2D eigenvalue weighted by molar-refractivity contribution is -0.139. The fraction of sp³-hybridized carbons (Fsp3) is 0.308. The lowest BCUT2D eigenvalue weighted by atomic mass is 9.79. The fourth-order valence-electron chi connectivity index (χ4n) is 2.81. The molecule has 0 bridgehead atoms. The summed E-state index contributed by atoms with van der Waals surface area (Å²) < 4.78 is 1.03. The third-order valence-corrected chi connectivity index (χ3v) is 4.08. The van der Waals surface area contributed by atoms with E-state index in [0.717, 1.165) is 16.6 Å². The number of carboxylic acids is 1. The van der Waals surface area contributed by atoms with E-state index in [1.807, 2.05) is 12.1 Å². The smallest absolute Gasteiger partial charge is 0.326 e. The predicted molar refractivity (Wildman–Crippen MR) is 69.2 cm³/mol. The summed E-state index contributed by atoms with van der Waals surface area (Å²) >= 11 is 3.46. The number of allylic oxidation sites excluding steroid dienone is 2. The number of benzene rings is 1. The minimum absolute atomic E-state index is 0.134. The Hall–Kier alpha value is -1.29. The first-order chi connectivity index (χ1) is 8.16. The number of fused-ring (bicyclic) bond motifs is 3. The molecule has 0 fully saturated rings. The second-order valence-corrected chi connectivity index (χ2v) is 5.46. The van der Waals surface area contributed by atoms with Crippen molar-refractivity contribution in [1.82, 2.24) is 0 Å². The zero-order chi connectivity index (χ0) is 12.0. The number of nitrogens with one attached hydrogen (secondary N) is 1. The van der Waals surface area contributed by atoms with Gasteiger partial charge in [-0.25, -0.2) is 4.79 Å². The van der Waals surface area contributed by atoms with Gasteiger partial charge in [-0.05, 0) is 30.2 Å². The lowest BCUT2D eigenvalue weighted by Crippen LogP contribution is -2.41. The molecule has 17 heavy (non-hydrogen) atoms. The number of anilines is 1. The van der Waals surface area contributed by atoms with E-state index in [1.165, 1.54) is 5.56 Å². The molecule has 3 nitrogen and oxygen atoms in total. The SMILES string of the molecule is O=C(O)[C@H]1Nc2ccc(Br)cc2[C@H]2C=CC[C@@H]12. The van der Waals surface area contributed by atoms with Crippen LogP contribution >= 0.6 is 15.9 Å². The molecule has 1 heterocycles. The highest BCUT2D eigenvalue weighted by Gasteiger charge is 2.40. The minimum Gasteiger partial charge on any atom is -0.480 e. The molecule has 0 saturated carbocycles. The summed E-state index contributed by atoms with van der Waals surface area (Å²) in [5.41, 5.74) is 2.13. The maximum absolute atomic E-state index is 11.3. The van der Waals surface area contributed by atoms with Crippen LogP contribution in [-0.4, -0.2) is 17.1 Å². The molecule has 0 saturated heterocycles. The highest BCUT2D eigenvalue weighted by molar-refractivity contribution is 9.10. The molecule has 1 aromatic rings. The maximum atomic E-state index is 11.3. The summed E-state index contributed by atoms with van der Waals surface area (Å²) in [4.78, 5) is 11.3. The van der Waals surface area contributed by atoms with Gasteiger partial charge in [0.25, 0.3) is 0 Å². The fourth-order valence-corrected chi connectivity index (χ4v) is 3.19. The van der Waals surface area contributed by atoms with Crippen LogP contribution in [0.4, 0.5) is 5.69 Å². The van der Waals surface area contributed by atoms with Gasteiger partial charge < -0.3 is 10.4 Å². The Morgan fingerprint density at radius 2 is 2.29 bits per heavy atom.